The zero-order valence-corrected chi connectivity index (χ0v) is 15.0. The van der Waals surface area contributed by atoms with Crippen molar-refractivity contribution >= 4 is 11.5 Å². The number of nitrogens with zero attached hydrogens (tertiary/aromatic N) is 3. The number of hydrogen-bond acceptors (Lipinski definition) is 4. The monoisotopic (exact) mass is 385 g/mol. The van der Waals surface area contributed by atoms with E-state index in [0.717, 1.165) is 12.1 Å². The van der Waals surface area contributed by atoms with E-state index in [1.165, 1.54) is 6.07 Å². The van der Waals surface area contributed by atoms with Crippen molar-refractivity contribution < 1.29 is 18.0 Å². The van der Waals surface area contributed by atoms with E-state index in [1.807, 2.05) is 15.9 Å². The van der Waals surface area contributed by atoms with E-state index in [4.69, 9.17) is 0 Å². The van der Waals surface area contributed by atoms with Crippen molar-refractivity contribution in [1.29, 1.82) is 5.26 Å². The highest BCUT2D eigenvalue weighted by Crippen LogP contribution is 2.31. The van der Waals surface area contributed by atoms with Crippen molar-refractivity contribution in [3.63, 3.8) is 0 Å². The summed E-state index contributed by atoms with van der Waals surface area (Å²) in [5.74, 6) is -0.344. The molecule has 1 aliphatic heterocycles. The normalized spacial score (nSPS) is 15.3. The van der Waals surface area contributed by atoms with Gasteiger partial charge in [0.1, 0.15) is 11.6 Å². The third-order valence-electron chi connectivity index (χ3n) is 4.57. The topological polar surface area (TPSA) is 47.3 Å². The van der Waals surface area contributed by atoms with Gasteiger partial charge in [-0.15, -0.1) is 0 Å². The van der Waals surface area contributed by atoms with Crippen LogP contribution in [-0.2, 0) is 6.18 Å². The van der Waals surface area contributed by atoms with Crippen LogP contribution in [0.2, 0.25) is 0 Å². The van der Waals surface area contributed by atoms with Crippen LogP contribution in [0.15, 0.2) is 66.4 Å². The molecular formula is C21H18F3N3O. The van der Waals surface area contributed by atoms with Crippen LogP contribution in [-0.4, -0.2) is 36.9 Å². The van der Waals surface area contributed by atoms with Crippen molar-refractivity contribution in [1.82, 2.24) is 4.90 Å². The second-order valence-corrected chi connectivity index (χ2v) is 6.42. The van der Waals surface area contributed by atoms with E-state index < -0.39 is 11.7 Å². The van der Waals surface area contributed by atoms with E-state index >= 15 is 0 Å². The summed E-state index contributed by atoms with van der Waals surface area (Å²) in [6, 6.07) is 15.8. The maximum atomic E-state index is 12.9. The largest absolute Gasteiger partial charge is 0.416 e. The second kappa shape index (κ2) is 8.17. The molecule has 0 spiro atoms. The van der Waals surface area contributed by atoms with E-state index in [-0.39, 0.29) is 11.4 Å². The number of piperazine rings is 1. The Bertz CT molecular complexity index is 908. The first-order valence-electron chi connectivity index (χ1n) is 8.76. The van der Waals surface area contributed by atoms with Gasteiger partial charge in [0.15, 0.2) is 0 Å². The fraction of sp³-hybridized carbons (Fsp3) is 0.238. The fourth-order valence-electron chi connectivity index (χ4n) is 3.05. The number of ketones is 1. The van der Waals surface area contributed by atoms with Gasteiger partial charge in [0.2, 0.25) is 5.78 Å². The molecule has 1 fully saturated rings. The van der Waals surface area contributed by atoms with Crippen LogP contribution in [0.25, 0.3) is 0 Å². The molecule has 1 aliphatic rings. The number of rotatable bonds is 4. The smallest absolute Gasteiger partial charge is 0.373 e. The fourth-order valence-corrected chi connectivity index (χ4v) is 3.05. The molecule has 0 unspecified atom stereocenters. The van der Waals surface area contributed by atoms with E-state index in [1.54, 1.807) is 42.6 Å². The molecule has 0 atom stereocenters. The highest BCUT2D eigenvalue weighted by atomic mass is 19.4. The first-order chi connectivity index (χ1) is 13.4. The molecule has 7 heteroatoms. The minimum atomic E-state index is -4.37. The van der Waals surface area contributed by atoms with E-state index in [9.17, 15) is 23.2 Å². The summed E-state index contributed by atoms with van der Waals surface area (Å²) in [7, 11) is 0. The molecule has 1 saturated heterocycles. The third kappa shape index (κ3) is 4.52. The minimum absolute atomic E-state index is 0.0405. The second-order valence-electron chi connectivity index (χ2n) is 6.42. The van der Waals surface area contributed by atoms with Gasteiger partial charge in [0.05, 0.1) is 5.56 Å². The zero-order chi connectivity index (χ0) is 20.1. The lowest BCUT2D eigenvalue weighted by Crippen LogP contribution is -2.44. The summed E-state index contributed by atoms with van der Waals surface area (Å²) in [6.07, 6.45) is -2.83. The Balaban J connectivity index is 1.67. The van der Waals surface area contributed by atoms with E-state index in [2.05, 4.69) is 0 Å². The van der Waals surface area contributed by atoms with Crippen LogP contribution in [0.3, 0.4) is 0 Å². The molecule has 2 aromatic rings. The number of carbonyl (C=O) groups is 1. The Morgan fingerprint density at radius 3 is 2.29 bits per heavy atom. The standard InChI is InChI=1S/C21H18F3N3O/c22-21(23,24)18-7-4-8-19(13-18)27-11-9-26(10-12-27)15-17(14-25)20(28)16-5-2-1-3-6-16/h1-8,13,15H,9-12H2. The molecule has 0 radical (unpaired) electrons. The number of benzene rings is 2. The van der Waals surface area contributed by atoms with Gasteiger partial charge in [-0.3, -0.25) is 4.79 Å². The lowest BCUT2D eigenvalue weighted by atomic mass is 10.1. The molecule has 0 bridgehead atoms. The van der Waals surface area contributed by atoms with Gasteiger partial charge in [0, 0.05) is 43.6 Å². The Hall–Kier alpha value is -3.27. The average molecular weight is 385 g/mol. The van der Waals surface area contributed by atoms with Crippen molar-refractivity contribution in [2.24, 2.45) is 0 Å². The molecule has 3 rings (SSSR count). The Morgan fingerprint density at radius 1 is 1.00 bits per heavy atom. The molecule has 4 nitrogen and oxygen atoms in total. The summed E-state index contributed by atoms with van der Waals surface area (Å²) in [4.78, 5) is 16.1. The van der Waals surface area contributed by atoms with Crippen molar-refractivity contribution in [2.75, 3.05) is 31.1 Å². The Kier molecular flexibility index (Phi) is 5.69. The zero-order valence-electron chi connectivity index (χ0n) is 15.0. The van der Waals surface area contributed by atoms with Crippen molar-refractivity contribution in [2.45, 2.75) is 6.18 Å². The molecule has 0 saturated carbocycles. The van der Waals surface area contributed by atoms with Gasteiger partial charge in [-0.25, -0.2) is 0 Å². The van der Waals surface area contributed by atoms with Crippen LogP contribution in [0, 0.1) is 11.3 Å². The van der Waals surface area contributed by atoms with Gasteiger partial charge in [0.25, 0.3) is 0 Å². The summed E-state index contributed by atoms with van der Waals surface area (Å²) in [5.41, 5.74) is 0.323. The molecule has 1 heterocycles. The minimum Gasteiger partial charge on any atom is -0.373 e. The number of anilines is 1. The summed E-state index contributed by atoms with van der Waals surface area (Å²) < 4.78 is 38.7. The van der Waals surface area contributed by atoms with E-state index in [0.29, 0.717) is 37.4 Å². The maximum absolute atomic E-state index is 12.9. The molecule has 0 aliphatic carbocycles. The van der Waals surface area contributed by atoms with Crippen LogP contribution < -0.4 is 4.90 Å². The Morgan fingerprint density at radius 2 is 1.68 bits per heavy atom. The first kappa shape index (κ1) is 19.5. The summed E-state index contributed by atoms with van der Waals surface area (Å²) in [5, 5.41) is 9.34. The number of alkyl halides is 3. The Labute approximate surface area is 161 Å². The molecule has 0 N–H and O–H groups in total. The van der Waals surface area contributed by atoms with Gasteiger partial charge in [-0.1, -0.05) is 36.4 Å². The number of hydrogen-bond donors (Lipinski definition) is 0. The predicted molar refractivity (Wildman–Crippen MR) is 99.7 cm³/mol. The number of allylic oxidation sites excluding steroid dienone is 1. The molecule has 144 valence electrons. The van der Waals surface area contributed by atoms with Crippen LogP contribution in [0.5, 0.6) is 0 Å². The SMILES string of the molecule is N#CC(=CN1CCN(c2cccc(C(F)(F)F)c2)CC1)C(=O)c1ccccc1. The van der Waals surface area contributed by atoms with Crippen LogP contribution in [0.4, 0.5) is 18.9 Å². The summed E-state index contributed by atoms with van der Waals surface area (Å²) in [6.45, 7) is 2.00. The number of nitriles is 1. The summed E-state index contributed by atoms with van der Waals surface area (Å²) >= 11 is 0. The van der Waals surface area contributed by atoms with Crippen LogP contribution in [0.1, 0.15) is 15.9 Å². The van der Waals surface area contributed by atoms with Gasteiger partial charge in [-0.2, -0.15) is 18.4 Å². The number of carbonyl (C=O) groups excluding carboxylic acids is 1. The van der Waals surface area contributed by atoms with Crippen LogP contribution >= 0.6 is 0 Å². The third-order valence-corrected chi connectivity index (χ3v) is 4.57. The van der Waals surface area contributed by atoms with Gasteiger partial charge < -0.3 is 9.80 Å². The number of Topliss-reactive ketones (excluding diaryl/α,β-unsaturated/α-hetero) is 1. The maximum Gasteiger partial charge on any atom is 0.416 e. The van der Waals surface area contributed by atoms with Crippen molar-refractivity contribution in [3.8, 4) is 6.07 Å². The predicted octanol–water partition coefficient (Wildman–Crippen LogP) is 4.12. The highest BCUT2D eigenvalue weighted by Gasteiger charge is 2.31. The lowest BCUT2D eigenvalue weighted by molar-refractivity contribution is -0.137. The first-order valence-corrected chi connectivity index (χ1v) is 8.76. The lowest BCUT2D eigenvalue weighted by Gasteiger charge is -2.36. The van der Waals surface area contributed by atoms with Gasteiger partial charge in [-0.05, 0) is 18.2 Å². The van der Waals surface area contributed by atoms with Gasteiger partial charge >= 0.3 is 6.18 Å². The molecule has 0 amide bonds. The average Bonchev–Trinajstić information content (AvgIpc) is 2.72. The number of halogens is 3. The molecule has 28 heavy (non-hydrogen) atoms. The molecular weight excluding hydrogens is 367 g/mol. The highest BCUT2D eigenvalue weighted by molar-refractivity contribution is 6.11. The van der Waals surface area contributed by atoms with Crippen molar-refractivity contribution in [3.05, 3.63) is 77.5 Å². The molecule has 0 aromatic heterocycles. The molecule has 2 aromatic carbocycles. The quantitative estimate of drug-likeness (QED) is 0.451.